The lowest BCUT2D eigenvalue weighted by atomic mass is 10.2. The van der Waals surface area contributed by atoms with Crippen molar-refractivity contribution in [1.82, 2.24) is 5.32 Å². The summed E-state index contributed by atoms with van der Waals surface area (Å²) in [5.41, 5.74) is 0. The summed E-state index contributed by atoms with van der Waals surface area (Å²) in [7, 11) is 0. The molecule has 1 heterocycles. The zero-order chi connectivity index (χ0) is 8.10. The Bertz CT molecular complexity index is 97.5. The van der Waals surface area contributed by atoms with Crippen molar-refractivity contribution >= 4 is 0 Å². The van der Waals surface area contributed by atoms with Gasteiger partial charge >= 0.3 is 0 Å². The number of ether oxygens (including phenoxy) is 2. The van der Waals surface area contributed by atoms with Crippen LogP contribution in [0.2, 0.25) is 0 Å². The van der Waals surface area contributed by atoms with Gasteiger partial charge in [-0.2, -0.15) is 0 Å². The van der Waals surface area contributed by atoms with Crippen LogP contribution in [0.15, 0.2) is 0 Å². The normalized spacial score (nSPS) is 32.2. The smallest absolute Gasteiger partial charge is 0.0933 e. The molecule has 1 rings (SSSR count). The SMILES string of the molecule is CCOCC1CNC(C)CO1. The van der Waals surface area contributed by atoms with Gasteiger partial charge in [0.15, 0.2) is 0 Å². The lowest BCUT2D eigenvalue weighted by molar-refractivity contribution is -0.0415. The second kappa shape index (κ2) is 4.70. The Morgan fingerprint density at radius 1 is 1.64 bits per heavy atom. The van der Waals surface area contributed by atoms with Gasteiger partial charge in [0.05, 0.1) is 19.3 Å². The van der Waals surface area contributed by atoms with Crippen molar-refractivity contribution in [1.29, 1.82) is 0 Å². The first kappa shape index (κ1) is 8.97. The third-order valence-electron chi connectivity index (χ3n) is 1.78. The predicted octanol–water partition coefficient (Wildman–Crippen LogP) is 0.400. The first-order valence-electron chi connectivity index (χ1n) is 4.25. The molecule has 0 bridgehead atoms. The zero-order valence-corrected chi connectivity index (χ0v) is 7.30. The minimum atomic E-state index is 0.256. The van der Waals surface area contributed by atoms with Crippen LogP contribution in [-0.4, -0.2) is 38.5 Å². The molecule has 66 valence electrons. The molecule has 11 heavy (non-hydrogen) atoms. The van der Waals surface area contributed by atoms with Gasteiger partial charge in [-0.25, -0.2) is 0 Å². The molecule has 3 heteroatoms. The summed E-state index contributed by atoms with van der Waals surface area (Å²) in [6, 6.07) is 0.493. The van der Waals surface area contributed by atoms with Crippen molar-refractivity contribution in [3.05, 3.63) is 0 Å². The Morgan fingerprint density at radius 3 is 3.00 bits per heavy atom. The highest BCUT2D eigenvalue weighted by molar-refractivity contribution is 4.71. The van der Waals surface area contributed by atoms with Crippen LogP contribution >= 0.6 is 0 Å². The van der Waals surface area contributed by atoms with Gasteiger partial charge in [-0.15, -0.1) is 0 Å². The Balaban J connectivity index is 2.07. The molecule has 0 amide bonds. The second-order valence-electron chi connectivity index (χ2n) is 2.92. The monoisotopic (exact) mass is 159 g/mol. The summed E-state index contributed by atoms with van der Waals surface area (Å²) >= 11 is 0. The second-order valence-corrected chi connectivity index (χ2v) is 2.92. The Hall–Kier alpha value is -0.120. The molecular weight excluding hydrogens is 142 g/mol. The molecule has 0 aromatic carbocycles. The first-order chi connectivity index (χ1) is 5.33. The van der Waals surface area contributed by atoms with Crippen LogP contribution in [0, 0.1) is 0 Å². The van der Waals surface area contributed by atoms with E-state index in [-0.39, 0.29) is 6.10 Å². The molecule has 0 spiro atoms. The molecule has 1 N–H and O–H groups in total. The Labute approximate surface area is 68.1 Å². The van der Waals surface area contributed by atoms with E-state index in [1.165, 1.54) is 0 Å². The number of hydrogen-bond acceptors (Lipinski definition) is 3. The molecule has 2 unspecified atom stereocenters. The topological polar surface area (TPSA) is 30.5 Å². The van der Waals surface area contributed by atoms with Crippen molar-refractivity contribution in [2.45, 2.75) is 26.0 Å². The van der Waals surface area contributed by atoms with Gasteiger partial charge in [0.1, 0.15) is 0 Å². The summed E-state index contributed by atoms with van der Waals surface area (Å²) in [5, 5.41) is 3.34. The van der Waals surface area contributed by atoms with E-state index in [1.54, 1.807) is 0 Å². The molecule has 1 aliphatic heterocycles. The fraction of sp³-hybridized carbons (Fsp3) is 1.00. The number of morpholine rings is 1. The highest BCUT2D eigenvalue weighted by Crippen LogP contribution is 2.00. The van der Waals surface area contributed by atoms with Gasteiger partial charge in [0.2, 0.25) is 0 Å². The average Bonchev–Trinajstić information content (AvgIpc) is 2.04. The van der Waals surface area contributed by atoms with E-state index in [9.17, 15) is 0 Å². The van der Waals surface area contributed by atoms with E-state index in [4.69, 9.17) is 9.47 Å². The molecule has 0 aliphatic carbocycles. The molecule has 0 radical (unpaired) electrons. The molecule has 1 saturated heterocycles. The van der Waals surface area contributed by atoms with E-state index < -0.39 is 0 Å². The minimum absolute atomic E-state index is 0.256. The van der Waals surface area contributed by atoms with Crippen LogP contribution in [0.5, 0.6) is 0 Å². The van der Waals surface area contributed by atoms with Crippen LogP contribution in [0.25, 0.3) is 0 Å². The third-order valence-corrected chi connectivity index (χ3v) is 1.78. The third kappa shape index (κ3) is 3.18. The van der Waals surface area contributed by atoms with Gasteiger partial charge in [-0.05, 0) is 13.8 Å². The van der Waals surface area contributed by atoms with E-state index in [0.29, 0.717) is 6.04 Å². The van der Waals surface area contributed by atoms with Crippen LogP contribution < -0.4 is 5.32 Å². The lowest BCUT2D eigenvalue weighted by Crippen LogP contribution is -2.46. The van der Waals surface area contributed by atoms with Crippen molar-refractivity contribution in [3.8, 4) is 0 Å². The van der Waals surface area contributed by atoms with Crippen LogP contribution in [0.3, 0.4) is 0 Å². The maximum absolute atomic E-state index is 5.50. The van der Waals surface area contributed by atoms with Crippen molar-refractivity contribution in [3.63, 3.8) is 0 Å². The summed E-state index contributed by atoms with van der Waals surface area (Å²) in [5.74, 6) is 0. The molecule has 3 nitrogen and oxygen atoms in total. The number of nitrogens with one attached hydrogen (secondary N) is 1. The van der Waals surface area contributed by atoms with E-state index >= 15 is 0 Å². The molecule has 0 aromatic heterocycles. The standard InChI is InChI=1S/C8H17NO2/c1-3-10-6-8-4-9-7(2)5-11-8/h7-9H,3-6H2,1-2H3. The Morgan fingerprint density at radius 2 is 2.45 bits per heavy atom. The average molecular weight is 159 g/mol. The highest BCUT2D eigenvalue weighted by atomic mass is 16.5. The van der Waals surface area contributed by atoms with Gasteiger partial charge in [0, 0.05) is 19.2 Å². The lowest BCUT2D eigenvalue weighted by Gasteiger charge is -2.27. The summed E-state index contributed by atoms with van der Waals surface area (Å²) in [6.45, 7) is 7.33. The molecule has 1 aliphatic rings. The van der Waals surface area contributed by atoms with Crippen LogP contribution in [-0.2, 0) is 9.47 Å². The Kier molecular flexibility index (Phi) is 3.83. The fourth-order valence-corrected chi connectivity index (χ4v) is 1.09. The maximum atomic E-state index is 5.50. The fourth-order valence-electron chi connectivity index (χ4n) is 1.09. The summed E-state index contributed by atoms with van der Waals surface area (Å²) < 4.78 is 10.7. The van der Waals surface area contributed by atoms with Gasteiger partial charge < -0.3 is 14.8 Å². The minimum Gasteiger partial charge on any atom is -0.379 e. The van der Waals surface area contributed by atoms with Gasteiger partial charge in [-0.1, -0.05) is 0 Å². The molecule has 0 aromatic rings. The predicted molar refractivity (Wildman–Crippen MR) is 43.7 cm³/mol. The largest absolute Gasteiger partial charge is 0.379 e. The van der Waals surface area contributed by atoms with E-state index in [1.807, 2.05) is 6.92 Å². The van der Waals surface area contributed by atoms with E-state index in [0.717, 1.165) is 26.4 Å². The maximum Gasteiger partial charge on any atom is 0.0933 e. The summed E-state index contributed by atoms with van der Waals surface area (Å²) in [6.07, 6.45) is 0.256. The summed E-state index contributed by atoms with van der Waals surface area (Å²) in [4.78, 5) is 0. The first-order valence-corrected chi connectivity index (χ1v) is 4.25. The number of hydrogen-bond donors (Lipinski definition) is 1. The van der Waals surface area contributed by atoms with Crippen LogP contribution in [0.1, 0.15) is 13.8 Å². The molecule has 1 fully saturated rings. The number of rotatable bonds is 3. The molecule has 0 saturated carbocycles. The van der Waals surface area contributed by atoms with Gasteiger partial charge in [-0.3, -0.25) is 0 Å². The van der Waals surface area contributed by atoms with Gasteiger partial charge in [0.25, 0.3) is 0 Å². The molecular formula is C8H17NO2. The highest BCUT2D eigenvalue weighted by Gasteiger charge is 2.17. The van der Waals surface area contributed by atoms with Crippen molar-refractivity contribution in [2.75, 3.05) is 26.4 Å². The van der Waals surface area contributed by atoms with Crippen molar-refractivity contribution in [2.24, 2.45) is 0 Å². The zero-order valence-electron chi connectivity index (χ0n) is 7.30. The molecule has 2 atom stereocenters. The van der Waals surface area contributed by atoms with E-state index in [2.05, 4.69) is 12.2 Å². The van der Waals surface area contributed by atoms with Crippen molar-refractivity contribution < 1.29 is 9.47 Å². The quantitative estimate of drug-likeness (QED) is 0.646. The van der Waals surface area contributed by atoms with Crippen LogP contribution in [0.4, 0.5) is 0 Å².